The smallest absolute Gasteiger partial charge is 0.253 e. The highest BCUT2D eigenvalue weighted by Gasteiger charge is 2.32. The first-order chi connectivity index (χ1) is 7.75. The van der Waals surface area contributed by atoms with Crippen molar-refractivity contribution < 1.29 is 9.59 Å². The Kier molecular flexibility index (Phi) is 1.93. The monoisotopic (exact) mass is 213 g/mol. The van der Waals surface area contributed by atoms with Crippen molar-refractivity contribution in [2.24, 2.45) is 0 Å². The molecule has 80 valence electrons. The van der Waals surface area contributed by atoms with Gasteiger partial charge < -0.3 is 0 Å². The molecule has 0 spiro atoms. The van der Waals surface area contributed by atoms with Crippen LogP contribution in [0.1, 0.15) is 17.0 Å². The summed E-state index contributed by atoms with van der Waals surface area (Å²) in [5, 5.41) is 0. The number of nitrogens with zero attached hydrogens (tertiary/aromatic N) is 1. The third-order valence-corrected chi connectivity index (χ3v) is 3.26. The molecule has 16 heavy (non-hydrogen) atoms. The van der Waals surface area contributed by atoms with Gasteiger partial charge in [0.2, 0.25) is 0 Å². The molecule has 3 nitrogen and oxygen atoms in total. The fraction of sp³-hybridized carbons (Fsp3) is 0.231. The Bertz CT molecular complexity index is 486. The molecule has 1 heterocycles. The zero-order chi connectivity index (χ0) is 11.1. The maximum atomic E-state index is 11.4. The summed E-state index contributed by atoms with van der Waals surface area (Å²) in [6, 6.07) is 8.18. The number of hydrogen-bond acceptors (Lipinski definition) is 2. The van der Waals surface area contributed by atoms with Crippen LogP contribution in [0.15, 0.2) is 36.4 Å². The number of benzene rings is 1. The first-order valence-corrected chi connectivity index (χ1v) is 5.37. The molecule has 0 saturated carbocycles. The van der Waals surface area contributed by atoms with Gasteiger partial charge in [0.25, 0.3) is 11.8 Å². The van der Waals surface area contributed by atoms with Crippen molar-refractivity contribution in [1.82, 2.24) is 4.90 Å². The largest absolute Gasteiger partial charge is 0.275 e. The molecule has 1 unspecified atom stereocenters. The molecule has 1 aromatic carbocycles. The van der Waals surface area contributed by atoms with Crippen LogP contribution in [0.4, 0.5) is 0 Å². The normalized spacial score (nSPS) is 22.2. The van der Waals surface area contributed by atoms with E-state index in [9.17, 15) is 9.59 Å². The molecule has 1 aliphatic heterocycles. The van der Waals surface area contributed by atoms with Gasteiger partial charge in [0, 0.05) is 24.6 Å². The van der Waals surface area contributed by atoms with Gasteiger partial charge in [-0.15, -0.1) is 0 Å². The van der Waals surface area contributed by atoms with E-state index in [4.69, 9.17) is 0 Å². The third kappa shape index (κ3) is 1.28. The highest BCUT2D eigenvalue weighted by Crippen LogP contribution is 2.35. The summed E-state index contributed by atoms with van der Waals surface area (Å²) >= 11 is 0. The number of carbonyl (C=O) groups excluding carboxylic acids is 2. The topological polar surface area (TPSA) is 37.4 Å². The fourth-order valence-corrected chi connectivity index (χ4v) is 2.36. The van der Waals surface area contributed by atoms with E-state index >= 15 is 0 Å². The van der Waals surface area contributed by atoms with E-state index in [1.54, 1.807) is 0 Å². The Morgan fingerprint density at radius 2 is 1.81 bits per heavy atom. The van der Waals surface area contributed by atoms with Crippen molar-refractivity contribution in [3.05, 3.63) is 47.5 Å². The number of amides is 2. The Hall–Kier alpha value is -1.90. The lowest BCUT2D eigenvalue weighted by Gasteiger charge is -2.32. The molecule has 2 amide bonds. The molecule has 1 aliphatic carbocycles. The van der Waals surface area contributed by atoms with Crippen LogP contribution in [-0.4, -0.2) is 23.3 Å². The van der Waals surface area contributed by atoms with E-state index in [1.807, 2.05) is 12.1 Å². The SMILES string of the molecule is O=C1C=CC(=O)N1CC1Cc2ccccc21. The second-order valence-electron chi connectivity index (χ2n) is 4.22. The summed E-state index contributed by atoms with van der Waals surface area (Å²) in [5.74, 6) is -0.0484. The summed E-state index contributed by atoms with van der Waals surface area (Å²) in [7, 11) is 0. The predicted molar refractivity (Wildman–Crippen MR) is 58.7 cm³/mol. The van der Waals surface area contributed by atoms with E-state index < -0.39 is 0 Å². The quantitative estimate of drug-likeness (QED) is 0.693. The van der Waals surface area contributed by atoms with E-state index in [0.29, 0.717) is 12.5 Å². The van der Waals surface area contributed by atoms with Gasteiger partial charge in [0.1, 0.15) is 0 Å². The number of carbonyl (C=O) groups is 2. The summed E-state index contributed by atoms with van der Waals surface area (Å²) in [5.41, 5.74) is 2.61. The van der Waals surface area contributed by atoms with Crippen LogP contribution in [-0.2, 0) is 16.0 Å². The summed E-state index contributed by atoms with van der Waals surface area (Å²) in [4.78, 5) is 24.1. The number of hydrogen-bond donors (Lipinski definition) is 0. The standard InChI is InChI=1S/C13H11NO2/c15-12-5-6-13(16)14(12)8-10-7-9-3-1-2-4-11(9)10/h1-6,10H,7-8H2. The Balaban J connectivity index is 1.75. The Morgan fingerprint density at radius 3 is 2.50 bits per heavy atom. The summed E-state index contributed by atoms with van der Waals surface area (Å²) < 4.78 is 0. The molecular formula is C13H11NO2. The van der Waals surface area contributed by atoms with Crippen LogP contribution < -0.4 is 0 Å². The number of imide groups is 1. The van der Waals surface area contributed by atoms with Crippen molar-refractivity contribution in [1.29, 1.82) is 0 Å². The number of fused-ring (bicyclic) bond motifs is 1. The molecule has 0 N–H and O–H groups in total. The van der Waals surface area contributed by atoms with Gasteiger partial charge in [-0.25, -0.2) is 0 Å². The minimum absolute atomic E-state index is 0.186. The van der Waals surface area contributed by atoms with Gasteiger partial charge in [-0.2, -0.15) is 0 Å². The highest BCUT2D eigenvalue weighted by molar-refractivity contribution is 6.12. The van der Waals surface area contributed by atoms with Gasteiger partial charge in [-0.3, -0.25) is 14.5 Å². The van der Waals surface area contributed by atoms with Gasteiger partial charge in [0.05, 0.1) is 0 Å². The fourth-order valence-electron chi connectivity index (χ4n) is 2.36. The van der Waals surface area contributed by atoms with Crippen molar-refractivity contribution in [2.45, 2.75) is 12.3 Å². The second kappa shape index (κ2) is 3.30. The third-order valence-electron chi connectivity index (χ3n) is 3.26. The molecule has 3 rings (SSSR count). The average molecular weight is 213 g/mol. The molecule has 0 fully saturated rings. The van der Waals surface area contributed by atoms with Crippen LogP contribution in [0.2, 0.25) is 0 Å². The van der Waals surface area contributed by atoms with Crippen molar-refractivity contribution in [3.63, 3.8) is 0 Å². The lowest BCUT2D eigenvalue weighted by Crippen LogP contribution is -2.37. The zero-order valence-electron chi connectivity index (χ0n) is 8.72. The van der Waals surface area contributed by atoms with Gasteiger partial charge in [-0.1, -0.05) is 24.3 Å². The molecule has 1 aromatic rings. The van der Waals surface area contributed by atoms with Crippen LogP contribution >= 0.6 is 0 Å². The van der Waals surface area contributed by atoms with E-state index in [0.717, 1.165) is 6.42 Å². The van der Waals surface area contributed by atoms with E-state index in [-0.39, 0.29) is 11.8 Å². The average Bonchev–Trinajstić information content (AvgIpc) is 2.56. The second-order valence-corrected chi connectivity index (χ2v) is 4.22. The summed E-state index contributed by atoms with van der Waals surface area (Å²) in [6.45, 7) is 0.516. The first kappa shape index (κ1) is 9.33. The molecule has 0 bridgehead atoms. The van der Waals surface area contributed by atoms with E-state index in [2.05, 4.69) is 12.1 Å². The van der Waals surface area contributed by atoms with Crippen LogP contribution in [0.25, 0.3) is 0 Å². The molecule has 0 aromatic heterocycles. The number of rotatable bonds is 2. The molecule has 0 saturated heterocycles. The van der Waals surface area contributed by atoms with Crippen molar-refractivity contribution >= 4 is 11.8 Å². The van der Waals surface area contributed by atoms with Crippen LogP contribution in [0.3, 0.4) is 0 Å². The minimum atomic E-state index is -0.186. The van der Waals surface area contributed by atoms with Crippen molar-refractivity contribution in [3.8, 4) is 0 Å². The molecule has 0 radical (unpaired) electrons. The molecule has 3 heteroatoms. The maximum Gasteiger partial charge on any atom is 0.253 e. The molecule has 2 aliphatic rings. The maximum absolute atomic E-state index is 11.4. The lowest BCUT2D eigenvalue weighted by atomic mass is 9.77. The predicted octanol–water partition coefficient (Wildman–Crippen LogP) is 1.25. The van der Waals surface area contributed by atoms with Crippen molar-refractivity contribution in [2.75, 3.05) is 6.54 Å². The lowest BCUT2D eigenvalue weighted by molar-refractivity contribution is -0.137. The Labute approximate surface area is 93.4 Å². The zero-order valence-corrected chi connectivity index (χ0v) is 8.72. The van der Waals surface area contributed by atoms with Crippen LogP contribution in [0.5, 0.6) is 0 Å². The first-order valence-electron chi connectivity index (χ1n) is 5.37. The van der Waals surface area contributed by atoms with Gasteiger partial charge in [-0.05, 0) is 17.5 Å². The van der Waals surface area contributed by atoms with Gasteiger partial charge in [0.15, 0.2) is 0 Å². The highest BCUT2D eigenvalue weighted by atomic mass is 16.2. The summed E-state index contributed by atoms with van der Waals surface area (Å²) in [6.07, 6.45) is 3.65. The molecule has 1 atom stereocenters. The minimum Gasteiger partial charge on any atom is -0.275 e. The van der Waals surface area contributed by atoms with Crippen LogP contribution in [0, 0.1) is 0 Å². The Morgan fingerprint density at radius 1 is 1.12 bits per heavy atom. The molecular weight excluding hydrogens is 202 g/mol. The van der Waals surface area contributed by atoms with Gasteiger partial charge >= 0.3 is 0 Å². The van der Waals surface area contributed by atoms with E-state index in [1.165, 1.54) is 28.2 Å².